The molecule has 2 aliphatic rings. The number of ether oxygens (including phenoxy) is 3. The van der Waals surface area contributed by atoms with E-state index in [2.05, 4.69) is 0 Å². The van der Waals surface area contributed by atoms with Gasteiger partial charge in [0.1, 0.15) is 11.5 Å². The number of rotatable bonds is 9. The van der Waals surface area contributed by atoms with Gasteiger partial charge in [-0.05, 0) is 24.3 Å². The van der Waals surface area contributed by atoms with Gasteiger partial charge in [0.15, 0.2) is 24.0 Å². The first kappa shape index (κ1) is 26.6. The van der Waals surface area contributed by atoms with Crippen LogP contribution < -0.4 is 0 Å². The molecule has 7 atom stereocenters. The standard InChI is InChI=1S/C25H36O9/c1-7-18-25(34-18)17(27)9-16(33-24(25)31)19(11(2)3)22(30)13-8-14(23(32-6)12(4)5)21(29)15(10-26)20(13)28/h8,10-12,16-19,23-24,27-29,31H,7,9H2,1-6H3. The van der Waals surface area contributed by atoms with E-state index < -0.39 is 59.0 Å². The van der Waals surface area contributed by atoms with Crippen molar-refractivity contribution in [2.45, 2.75) is 83.8 Å². The van der Waals surface area contributed by atoms with Gasteiger partial charge in [-0.2, -0.15) is 0 Å². The zero-order valence-electron chi connectivity index (χ0n) is 20.5. The largest absolute Gasteiger partial charge is 0.507 e. The highest BCUT2D eigenvalue weighted by Crippen LogP contribution is 2.51. The van der Waals surface area contributed by atoms with Crippen molar-refractivity contribution in [2.24, 2.45) is 17.8 Å². The first-order chi connectivity index (χ1) is 16.0. The lowest BCUT2D eigenvalue weighted by Crippen LogP contribution is -2.55. The zero-order chi connectivity index (χ0) is 25.5. The molecule has 9 nitrogen and oxygen atoms in total. The van der Waals surface area contributed by atoms with Gasteiger partial charge < -0.3 is 34.6 Å². The summed E-state index contributed by atoms with van der Waals surface area (Å²) in [5.74, 6) is -2.85. The summed E-state index contributed by atoms with van der Waals surface area (Å²) in [5, 5.41) is 42.8. The summed E-state index contributed by atoms with van der Waals surface area (Å²) in [5.41, 5.74) is -1.52. The van der Waals surface area contributed by atoms with Crippen LogP contribution in [0.4, 0.5) is 0 Å². The van der Waals surface area contributed by atoms with Gasteiger partial charge in [-0.15, -0.1) is 0 Å². The number of hydrogen-bond acceptors (Lipinski definition) is 9. The van der Waals surface area contributed by atoms with Gasteiger partial charge in [0, 0.05) is 19.1 Å². The lowest BCUT2D eigenvalue weighted by Gasteiger charge is -2.40. The average molecular weight is 481 g/mol. The van der Waals surface area contributed by atoms with E-state index in [0.29, 0.717) is 12.7 Å². The Balaban J connectivity index is 2.02. The molecule has 1 aromatic carbocycles. The number of phenolic OH excluding ortho intramolecular Hbond substituents is 2. The van der Waals surface area contributed by atoms with Crippen LogP contribution in [0.5, 0.6) is 11.5 Å². The van der Waals surface area contributed by atoms with Crippen molar-refractivity contribution in [3.05, 3.63) is 22.8 Å². The molecule has 2 aliphatic heterocycles. The molecule has 3 rings (SSSR count). The van der Waals surface area contributed by atoms with Crippen LogP contribution in [0.3, 0.4) is 0 Å². The molecular weight excluding hydrogens is 444 g/mol. The minimum Gasteiger partial charge on any atom is -0.507 e. The summed E-state index contributed by atoms with van der Waals surface area (Å²) in [4.78, 5) is 25.5. The molecule has 2 heterocycles. The lowest BCUT2D eigenvalue weighted by atomic mass is 9.77. The Bertz CT molecular complexity index is 913. The minimum atomic E-state index is -1.41. The van der Waals surface area contributed by atoms with Crippen LogP contribution in [0.1, 0.15) is 79.8 Å². The van der Waals surface area contributed by atoms with E-state index in [-0.39, 0.29) is 35.5 Å². The summed E-state index contributed by atoms with van der Waals surface area (Å²) in [6, 6.07) is 1.35. The number of aliphatic hydroxyl groups is 2. The molecule has 0 saturated carbocycles. The number of Topliss-reactive ketones (excluding diaryl/α,β-unsaturated/α-hetero) is 1. The molecule has 9 heteroatoms. The third kappa shape index (κ3) is 4.24. The van der Waals surface area contributed by atoms with Gasteiger partial charge >= 0.3 is 0 Å². The molecule has 4 N–H and O–H groups in total. The van der Waals surface area contributed by atoms with Crippen molar-refractivity contribution in [3.63, 3.8) is 0 Å². The Kier molecular flexibility index (Phi) is 7.74. The van der Waals surface area contributed by atoms with Crippen molar-refractivity contribution in [3.8, 4) is 11.5 Å². The fraction of sp³-hybridized carbons (Fsp3) is 0.680. The number of methoxy groups -OCH3 is 1. The highest BCUT2D eigenvalue weighted by molar-refractivity contribution is 6.04. The normalized spacial score (nSPS) is 30.5. The summed E-state index contributed by atoms with van der Waals surface area (Å²) in [6.45, 7) is 9.19. The minimum absolute atomic E-state index is 0.0566. The number of epoxide rings is 1. The molecule has 0 aliphatic carbocycles. The summed E-state index contributed by atoms with van der Waals surface area (Å²) < 4.78 is 16.9. The molecule has 0 amide bonds. The SMILES string of the molecule is CCC1OC12C(O)CC(C(C(=O)c1cc(C(OC)C(C)C)c(O)c(C=O)c1O)C(C)C)OC2O. The Labute approximate surface area is 199 Å². The average Bonchev–Trinajstić information content (AvgIpc) is 3.50. The molecule has 1 spiro atoms. The number of aldehydes is 1. The quantitative estimate of drug-likeness (QED) is 0.238. The third-order valence-corrected chi connectivity index (χ3v) is 7.14. The monoisotopic (exact) mass is 480 g/mol. The van der Waals surface area contributed by atoms with Gasteiger partial charge in [0.05, 0.1) is 41.5 Å². The van der Waals surface area contributed by atoms with Crippen LogP contribution in [0.15, 0.2) is 6.07 Å². The number of carbonyl (C=O) groups is 2. The third-order valence-electron chi connectivity index (χ3n) is 7.14. The molecule has 0 aromatic heterocycles. The van der Waals surface area contributed by atoms with Crippen LogP contribution in [-0.4, -0.2) is 69.8 Å². The summed E-state index contributed by atoms with van der Waals surface area (Å²) in [6.07, 6.45) is -3.30. The number of aromatic hydroxyl groups is 2. The Morgan fingerprint density at radius 3 is 2.29 bits per heavy atom. The van der Waals surface area contributed by atoms with E-state index in [1.54, 1.807) is 13.8 Å². The van der Waals surface area contributed by atoms with E-state index in [4.69, 9.17) is 14.2 Å². The second-order valence-corrected chi connectivity index (χ2v) is 9.92. The van der Waals surface area contributed by atoms with Crippen LogP contribution in [0.2, 0.25) is 0 Å². The molecular formula is C25H36O9. The molecule has 2 saturated heterocycles. The Hall–Kier alpha value is -2.04. The van der Waals surface area contributed by atoms with Gasteiger partial charge in [-0.25, -0.2) is 0 Å². The number of hydrogen-bond donors (Lipinski definition) is 4. The molecule has 190 valence electrons. The maximum Gasteiger partial charge on any atom is 0.189 e. The van der Waals surface area contributed by atoms with Crippen molar-refractivity contribution >= 4 is 12.1 Å². The van der Waals surface area contributed by atoms with Gasteiger partial charge in [0.25, 0.3) is 0 Å². The predicted molar refractivity (Wildman–Crippen MR) is 122 cm³/mol. The maximum absolute atomic E-state index is 13.8. The highest BCUT2D eigenvalue weighted by Gasteiger charge is 2.68. The Morgan fingerprint density at radius 2 is 1.85 bits per heavy atom. The lowest BCUT2D eigenvalue weighted by molar-refractivity contribution is -0.240. The fourth-order valence-corrected chi connectivity index (χ4v) is 5.31. The van der Waals surface area contributed by atoms with Crippen molar-refractivity contribution in [2.75, 3.05) is 7.11 Å². The number of ketones is 1. The van der Waals surface area contributed by atoms with E-state index in [9.17, 15) is 30.0 Å². The summed E-state index contributed by atoms with van der Waals surface area (Å²) in [7, 11) is 1.45. The molecule has 0 radical (unpaired) electrons. The van der Waals surface area contributed by atoms with Gasteiger partial charge in [0.2, 0.25) is 0 Å². The van der Waals surface area contributed by atoms with E-state index >= 15 is 0 Å². The molecule has 34 heavy (non-hydrogen) atoms. The van der Waals surface area contributed by atoms with Crippen molar-refractivity contribution < 1.29 is 44.2 Å². The molecule has 0 bridgehead atoms. The van der Waals surface area contributed by atoms with E-state index in [1.807, 2.05) is 20.8 Å². The van der Waals surface area contributed by atoms with E-state index in [1.165, 1.54) is 13.2 Å². The molecule has 1 aromatic rings. The summed E-state index contributed by atoms with van der Waals surface area (Å²) >= 11 is 0. The zero-order valence-corrected chi connectivity index (χ0v) is 20.5. The highest BCUT2D eigenvalue weighted by atomic mass is 16.7. The molecule has 2 fully saturated rings. The maximum atomic E-state index is 13.8. The van der Waals surface area contributed by atoms with Gasteiger partial charge in [-0.3, -0.25) is 9.59 Å². The number of carbonyl (C=O) groups excluding carboxylic acids is 2. The van der Waals surface area contributed by atoms with Crippen LogP contribution >= 0.6 is 0 Å². The second-order valence-electron chi connectivity index (χ2n) is 9.92. The number of benzene rings is 1. The number of phenols is 2. The smallest absolute Gasteiger partial charge is 0.189 e. The first-order valence-electron chi connectivity index (χ1n) is 11.8. The Morgan fingerprint density at radius 1 is 1.21 bits per heavy atom. The second kappa shape index (κ2) is 9.91. The molecule has 7 unspecified atom stereocenters. The van der Waals surface area contributed by atoms with Gasteiger partial charge in [-0.1, -0.05) is 34.6 Å². The predicted octanol–water partition coefficient (Wildman–Crippen LogP) is 2.72. The number of aliphatic hydroxyl groups excluding tert-OH is 2. The van der Waals surface area contributed by atoms with Crippen LogP contribution in [-0.2, 0) is 14.2 Å². The fourth-order valence-electron chi connectivity index (χ4n) is 5.31. The van der Waals surface area contributed by atoms with Crippen molar-refractivity contribution in [1.29, 1.82) is 0 Å². The van der Waals surface area contributed by atoms with Crippen molar-refractivity contribution in [1.82, 2.24) is 0 Å². The van der Waals surface area contributed by atoms with Crippen LogP contribution in [0.25, 0.3) is 0 Å². The topological polar surface area (TPSA) is 146 Å². The van der Waals surface area contributed by atoms with E-state index in [0.717, 1.165) is 0 Å². The van der Waals surface area contributed by atoms with Crippen LogP contribution in [0, 0.1) is 17.8 Å². The first-order valence-corrected chi connectivity index (χ1v) is 11.8.